The van der Waals surface area contributed by atoms with Gasteiger partial charge >= 0.3 is 11.9 Å². The van der Waals surface area contributed by atoms with Gasteiger partial charge in [-0.2, -0.15) is 0 Å². The summed E-state index contributed by atoms with van der Waals surface area (Å²) in [5.74, 6) is 1.54. The topological polar surface area (TPSA) is 95.8 Å². The van der Waals surface area contributed by atoms with Crippen LogP contribution < -0.4 is 18.9 Å². The van der Waals surface area contributed by atoms with E-state index in [1.54, 1.807) is 61.0 Å². The molecule has 66 heavy (non-hydrogen) atoms. The van der Waals surface area contributed by atoms with E-state index in [0.717, 1.165) is 46.8 Å². The normalized spacial score (nSPS) is 11.3. The fraction of sp³-hybridized carbons (Fsp3) is 0.414. The van der Waals surface area contributed by atoms with Crippen molar-refractivity contribution in [3.05, 3.63) is 144 Å². The molecule has 0 fully saturated rings. The molecular formula is C58H72N2O6. The third-order valence-electron chi connectivity index (χ3n) is 11.4. The van der Waals surface area contributed by atoms with Gasteiger partial charge in [-0.3, -0.25) is 9.98 Å². The van der Waals surface area contributed by atoms with Crippen molar-refractivity contribution >= 4 is 35.7 Å². The molecule has 0 N–H and O–H groups in total. The number of rotatable bonds is 32. The lowest BCUT2D eigenvalue weighted by Crippen LogP contribution is -2.08. The Kier molecular flexibility index (Phi) is 23.9. The minimum atomic E-state index is -0.428. The summed E-state index contributed by atoms with van der Waals surface area (Å²) in [5.41, 5.74) is 4.17. The molecule has 8 nitrogen and oxygen atoms in total. The first kappa shape index (κ1) is 51.0. The van der Waals surface area contributed by atoms with Crippen LogP contribution in [0, 0.1) is 0 Å². The van der Waals surface area contributed by atoms with Gasteiger partial charge in [-0.15, -0.1) is 0 Å². The van der Waals surface area contributed by atoms with Crippen LogP contribution in [-0.4, -0.2) is 37.6 Å². The summed E-state index contributed by atoms with van der Waals surface area (Å²) in [4.78, 5) is 34.8. The van der Waals surface area contributed by atoms with Crippen LogP contribution in [0.15, 0.2) is 131 Å². The number of aliphatic imine (C=N–C) groups is 2. The Bertz CT molecular complexity index is 2010. The van der Waals surface area contributed by atoms with E-state index in [2.05, 4.69) is 23.8 Å². The number of ether oxygens (including phenoxy) is 4. The minimum absolute atomic E-state index is 0.428. The molecule has 0 spiro atoms. The third-order valence-corrected chi connectivity index (χ3v) is 11.4. The van der Waals surface area contributed by atoms with Crippen molar-refractivity contribution in [3.63, 3.8) is 0 Å². The number of unbranched alkanes of at least 4 members (excludes halogenated alkanes) is 18. The molecule has 0 aliphatic carbocycles. The smallest absolute Gasteiger partial charge is 0.343 e. The molecule has 0 aliphatic rings. The second-order valence-corrected chi connectivity index (χ2v) is 17.1. The van der Waals surface area contributed by atoms with Crippen LogP contribution >= 0.6 is 0 Å². The highest BCUT2D eigenvalue weighted by molar-refractivity contribution is 5.92. The summed E-state index contributed by atoms with van der Waals surface area (Å²) in [6, 6.07) is 36.2. The molecular weight excluding hydrogens is 821 g/mol. The first-order chi connectivity index (χ1) is 32.5. The van der Waals surface area contributed by atoms with Crippen molar-refractivity contribution < 1.29 is 28.5 Å². The van der Waals surface area contributed by atoms with Crippen LogP contribution in [0.2, 0.25) is 0 Å². The molecule has 0 amide bonds. The summed E-state index contributed by atoms with van der Waals surface area (Å²) >= 11 is 0. The second kappa shape index (κ2) is 31.0. The monoisotopic (exact) mass is 893 g/mol. The van der Waals surface area contributed by atoms with Crippen molar-refractivity contribution in [1.82, 2.24) is 0 Å². The maximum Gasteiger partial charge on any atom is 0.343 e. The van der Waals surface area contributed by atoms with Crippen molar-refractivity contribution in [2.45, 2.75) is 142 Å². The number of nitrogens with zero attached hydrogens (tertiary/aromatic N) is 2. The van der Waals surface area contributed by atoms with Crippen LogP contribution in [0.25, 0.3) is 0 Å². The van der Waals surface area contributed by atoms with Crippen LogP contribution in [0.3, 0.4) is 0 Å². The van der Waals surface area contributed by atoms with E-state index >= 15 is 0 Å². The standard InChI is InChI=1S/C58H72N2O6/c1-3-5-7-9-11-13-15-17-19-21-42-63-53-34-26-49(27-35-53)57(61)65-55-38-30-51(31-39-55)59-45-47-24-23-25-48(44-47)46-60-52-32-40-56(41-33-52)66-58(62)50-28-36-54(37-29-50)64-43-22-20-18-16-14-12-10-8-6-4-2/h23-41,44-46H,3-22,42-43H2,1-2H3. The van der Waals surface area contributed by atoms with E-state index in [1.807, 2.05) is 72.8 Å². The lowest BCUT2D eigenvalue weighted by atomic mass is 10.1. The Labute approximate surface area is 394 Å². The van der Waals surface area contributed by atoms with Crippen LogP contribution in [0.5, 0.6) is 23.0 Å². The average Bonchev–Trinajstić information content (AvgIpc) is 3.35. The lowest BCUT2D eigenvalue weighted by Gasteiger charge is -2.08. The van der Waals surface area contributed by atoms with Crippen molar-refractivity contribution in [2.24, 2.45) is 9.98 Å². The molecule has 0 aromatic heterocycles. The predicted octanol–water partition coefficient (Wildman–Crippen LogP) is 16.2. The fourth-order valence-electron chi connectivity index (χ4n) is 7.48. The second-order valence-electron chi connectivity index (χ2n) is 17.1. The molecule has 5 aromatic carbocycles. The summed E-state index contributed by atoms with van der Waals surface area (Å²) < 4.78 is 23.0. The third kappa shape index (κ3) is 20.4. The van der Waals surface area contributed by atoms with Gasteiger partial charge in [-0.1, -0.05) is 148 Å². The van der Waals surface area contributed by atoms with Gasteiger partial charge in [0.15, 0.2) is 0 Å². The van der Waals surface area contributed by atoms with Gasteiger partial charge in [-0.25, -0.2) is 9.59 Å². The van der Waals surface area contributed by atoms with Gasteiger partial charge in [0.25, 0.3) is 0 Å². The van der Waals surface area contributed by atoms with Gasteiger partial charge in [0.1, 0.15) is 23.0 Å². The lowest BCUT2D eigenvalue weighted by molar-refractivity contribution is 0.0725. The zero-order valence-electron chi connectivity index (χ0n) is 39.6. The number of carbonyl (C=O) groups excluding carboxylic acids is 2. The molecule has 0 unspecified atom stereocenters. The maximum absolute atomic E-state index is 12.8. The number of hydrogen-bond acceptors (Lipinski definition) is 8. The van der Waals surface area contributed by atoms with E-state index in [9.17, 15) is 9.59 Å². The summed E-state index contributed by atoms with van der Waals surface area (Å²) in [6.45, 7) is 5.88. The molecule has 0 saturated heterocycles. The Morgan fingerprint density at radius 2 is 0.712 bits per heavy atom. The molecule has 5 rings (SSSR count). The summed E-state index contributed by atoms with van der Waals surface area (Å²) in [5, 5.41) is 0. The number of benzene rings is 5. The number of carbonyl (C=O) groups is 2. The van der Waals surface area contributed by atoms with E-state index in [0.29, 0.717) is 35.8 Å². The van der Waals surface area contributed by atoms with Crippen molar-refractivity contribution in [2.75, 3.05) is 13.2 Å². The summed E-state index contributed by atoms with van der Waals surface area (Å²) in [6.07, 6.45) is 29.3. The maximum atomic E-state index is 12.8. The van der Waals surface area contributed by atoms with Gasteiger partial charge in [0.2, 0.25) is 0 Å². The molecule has 0 bridgehead atoms. The molecule has 350 valence electrons. The average molecular weight is 893 g/mol. The first-order valence-electron chi connectivity index (χ1n) is 24.8. The highest BCUT2D eigenvalue weighted by Gasteiger charge is 2.11. The van der Waals surface area contributed by atoms with E-state index in [1.165, 1.54) is 116 Å². The van der Waals surface area contributed by atoms with Gasteiger partial charge in [-0.05, 0) is 127 Å². The zero-order valence-corrected chi connectivity index (χ0v) is 39.6. The van der Waals surface area contributed by atoms with E-state index in [-0.39, 0.29) is 0 Å². The Balaban J connectivity index is 0.969. The Morgan fingerprint density at radius 3 is 1.06 bits per heavy atom. The predicted molar refractivity (Wildman–Crippen MR) is 271 cm³/mol. The van der Waals surface area contributed by atoms with Crippen LogP contribution in [-0.2, 0) is 0 Å². The highest BCUT2D eigenvalue weighted by Crippen LogP contribution is 2.23. The van der Waals surface area contributed by atoms with Gasteiger partial charge in [0.05, 0.1) is 35.7 Å². The Morgan fingerprint density at radius 1 is 0.394 bits per heavy atom. The molecule has 0 saturated carbocycles. The molecule has 0 radical (unpaired) electrons. The van der Waals surface area contributed by atoms with Crippen LogP contribution in [0.4, 0.5) is 11.4 Å². The van der Waals surface area contributed by atoms with Gasteiger partial charge in [0, 0.05) is 12.4 Å². The number of esters is 2. The fourth-order valence-corrected chi connectivity index (χ4v) is 7.48. The molecule has 0 atom stereocenters. The van der Waals surface area contributed by atoms with Gasteiger partial charge < -0.3 is 18.9 Å². The molecule has 8 heteroatoms. The minimum Gasteiger partial charge on any atom is -0.494 e. The van der Waals surface area contributed by atoms with Crippen molar-refractivity contribution in [3.8, 4) is 23.0 Å². The van der Waals surface area contributed by atoms with E-state index in [4.69, 9.17) is 18.9 Å². The zero-order chi connectivity index (χ0) is 46.3. The highest BCUT2D eigenvalue weighted by atomic mass is 16.5. The largest absolute Gasteiger partial charge is 0.494 e. The van der Waals surface area contributed by atoms with Crippen molar-refractivity contribution in [1.29, 1.82) is 0 Å². The molecule has 0 aliphatic heterocycles. The molecule has 5 aromatic rings. The summed E-state index contributed by atoms with van der Waals surface area (Å²) in [7, 11) is 0. The molecule has 0 heterocycles. The number of hydrogen-bond donors (Lipinski definition) is 0. The van der Waals surface area contributed by atoms with Crippen LogP contribution in [0.1, 0.15) is 174 Å². The first-order valence-corrected chi connectivity index (χ1v) is 24.8. The SMILES string of the molecule is CCCCCCCCCCCCOc1ccc(C(=O)Oc2ccc(N=Cc3cccc(C=Nc4ccc(OC(=O)c5ccc(OCCCCCCCCCCCC)cc5)cc4)c3)cc2)cc1. The quantitative estimate of drug-likeness (QED) is 0.0185. The van der Waals surface area contributed by atoms with E-state index < -0.39 is 11.9 Å². The Hall–Kier alpha value is -6.02.